The van der Waals surface area contributed by atoms with E-state index in [-0.39, 0.29) is 0 Å². The van der Waals surface area contributed by atoms with Crippen molar-refractivity contribution in [3.63, 3.8) is 0 Å². The molecule has 0 aliphatic heterocycles. The molecule has 0 saturated heterocycles. The van der Waals surface area contributed by atoms with E-state index in [2.05, 4.69) is 102 Å². The lowest BCUT2D eigenvalue weighted by Crippen LogP contribution is -2.02. The molecule has 6 rings (SSSR count). The molecule has 0 bridgehead atoms. The van der Waals surface area contributed by atoms with Crippen molar-refractivity contribution in [2.75, 3.05) is 10.6 Å². The summed E-state index contributed by atoms with van der Waals surface area (Å²) in [7, 11) is 0. The fourth-order valence-corrected chi connectivity index (χ4v) is 4.60. The monoisotopic (exact) mass is 386 g/mol. The summed E-state index contributed by atoms with van der Waals surface area (Å²) in [5, 5.41) is 15.1. The number of hydrogen-bond acceptors (Lipinski definition) is 2. The van der Waals surface area contributed by atoms with Gasteiger partial charge in [-0.2, -0.15) is 0 Å². The highest BCUT2D eigenvalue weighted by molar-refractivity contribution is 6.28. The lowest BCUT2D eigenvalue weighted by atomic mass is 9.92. The summed E-state index contributed by atoms with van der Waals surface area (Å²) >= 11 is 0. The lowest BCUT2D eigenvalue weighted by Gasteiger charge is -2.19. The van der Waals surface area contributed by atoms with Crippen molar-refractivity contribution in [1.29, 1.82) is 0 Å². The molecule has 5 aromatic rings. The first kappa shape index (κ1) is 17.1. The Bertz CT molecular complexity index is 1430. The maximum Gasteiger partial charge on any atom is 0.0468 e. The quantitative estimate of drug-likeness (QED) is 0.306. The molecule has 30 heavy (non-hydrogen) atoms. The molecule has 2 heteroatoms. The highest BCUT2D eigenvalue weighted by Crippen LogP contribution is 2.42. The second kappa shape index (κ2) is 6.93. The third-order valence-electron chi connectivity index (χ3n) is 6.01. The summed E-state index contributed by atoms with van der Waals surface area (Å²) in [4.78, 5) is 0. The van der Waals surface area contributed by atoms with E-state index in [0.717, 1.165) is 24.2 Å². The average Bonchev–Trinajstić information content (AvgIpc) is 2.80. The molecule has 0 amide bonds. The molecule has 5 aromatic carbocycles. The summed E-state index contributed by atoms with van der Waals surface area (Å²) in [5.74, 6) is 0. The Kier molecular flexibility index (Phi) is 3.95. The molecule has 1 aliphatic rings. The third kappa shape index (κ3) is 2.81. The summed E-state index contributed by atoms with van der Waals surface area (Å²) in [5.41, 5.74) is 4.71. The standard InChI is InChI=1S/C28H22N2/c1-3-9-21(10-4-1)29-25-17-15-20-18-26(30-22-11-5-2-6-12-22)23-13-7-8-19-14-16-24(25)28(20)27(19)23/h1-5,7-11,13-18,29-30H,6,12H2. The fraction of sp³-hybridized carbons (Fsp3) is 0.0714. The lowest BCUT2D eigenvalue weighted by molar-refractivity contribution is 0.967. The zero-order valence-corrected chi connectivity index (χ0v) is 16.7. The molecular weight excluding hydrogens is 364 g/mol. The van der Waals surface area contributed by atoms with E-state index in [1.54, 1.807) is 0 Å². The van der Waals surface area contributed by atoms with Crippen molar-refractivity contribution in [3.05, 3.63) is 103 Å². The zero-order valence-electron chi connectivity index (χ0n) is 16.7. The van der Waals surface area contributed by atoms with Gasteiger partial charge in [0.25, 0.3) is 0 Å². The predicted octanol–water partition coefficient (Wildman–Crippen LogP) is 7.97. The number of anilines is 3. The Morgan fingerprint density at radius 1 is 0.633 bits per heavy atom. The van der Waals surface area contributed by atoms with Crippen LogP contribution >= 0.6 is 0 Å². The van der Waals surface area contributed by atoms with Crippen LogP contribution in [0.4, 0.5) is 17.1 Å². The first-order chi connectivity index (χ1) is 14.9. The Morgan fingerprint density at radius 2 is 1.47 bits per heavy atom. The van der Waals surface area contributed by atoms with E-state index in [1.165, 1.54) is 43.7 Å². The van der Waals surface area contributed by atoms with Crippen LogP contribution in [0.1, 0.15) is 12.8 Å². The van der Waals surface area contributed by atoms with Crippen LogP contribution in [-0.4, -0.2) is 0 Å². The van der Waals surface area contributed by atoms with Crippen molar-refractivity contribution < 1.29 is 0 Å². The van der Waals surface area contributed by atoms with Crippen molar-refractivity contribution in [1.82, 2.24) is 0 Å². The summed E-state index contributed by atoms with van der Waals surface area (Å²) in [6.07, 6.45) is 8.70. The van der Waals surface area contributed by atoms with E-state index in [1.807, 2.05) is 6.07 Å². The average molecular weight is 386 g/mol. The second-order valence-electron chi connectivity index (χ2n) is 7.93. The fourth-order valence-electron chi connectivity index (χ4n) is 4.60. The van der Waals surface area contributed by atoms with Gasteiger partial charge in [-0.15, -0.1) is 0 Å². The number of para-hydroxylation sites is 1. The van der Waals surface area contributed by atoms with Crippen LogP contribution in [-0.2, 0) is 0 Å². The Labute approximate surface area is 175 Å². The molecule has 2 N–H and O–H groups in total. The van der Waals surface area contributed by atoms with Crippen LogP contribution in [0.25, 0.3) is 32.3 Å². The minimum absolute atomic E-state index is 1.06. The van der Waals surface area contributed by atoms with Crippen LogP contribution in [0.15, 0.2) is 103 Å². The second-order valence-corrected chi connectivity index (χ2v) is 7.93. The van der Waals surface area contributed by atoms with E-state index in [0.29, 0.717) is 0 Å². The number of rotatable bonds is 4. The minimum atomic E-state index is 1.06. The van der Waals surface area contributed by atoms with Crippen molar-refractivity contribution in [2.45, 2.75) is 12.8 Å². The van der Waals surface area contributed by atoms with Gasteiger partial charge in [-0.25, -0.2) is 0 Å². The van der Waals surface area contributed by atoms with Gasteiger partial charge in [0.05, 0.1) is 0 Å². The summed E-state index contributed by atoms with van der Waals surface area (Å²) in [6, 6.07) is 28.2. The highest BCUT2D eigenvalue weighted by atomic mass is 14.9. The van der Waals surface area contributed by atoms with Crippen molar-refractivity contribution in [2.24, 2.45) is 0 Å². The van der Waals surface area contributed by atoms with Gasteiger partial charge in [-0.05, 0) is 64.7 Å². The van der Waals surface area contributed by atoms with Crippen LogP contribution in [0.5, 0.6) is 0 Å². The topological polar surface area (TPSA) is 24.1 Å². The Hall–Kier alpha value is -3.78. The molecule has 144 valence electrons. The minimum Gasteiger partial charge on any atom is -0.358 e. The van der Waals surface area contributed by atoms with Gasteiger partial charge in [0.15, 0.2) is 0 Å². The highest BCUT2D eigenvalue weighted by Gasteiger charge is 2.14. The molecule has 0 spiro atoms. The number of hydrogen-bond donors (Lipinski definition) is 2. The molecule has 0 fully saturated rings. The first-order valence-corrected chi connectivity index (χ1v) is 10.5. The van der Waals surface area contributed by atoms with Gasteiger partial charge < -0.3 is 10.6 Å². The van der Waals surface area contributed by atoms with E-state index in [4.69, 9.17) is 0 Å². The van der Waals surface area contributed by atoms with Crippen LogP contribution < -0.4 is 10.6 Å². The van der Waals surface area contributed by atoms with Crippen LogP contribution in [0.2, 0.25) is 0 Å². The normalized spacial score (nSPS) is 13.8. The van der Waals surface area contributed by atoms with Crippen LogP contribution in [0, 0.1) is 0 Å². The van der Waals surface area contributed by atoms with E-state index in [9.17, 15) is 0 Å². The smallest absolute Gasteiger partial charge is 0.0468 e. The molecule has 0 heterocycles. The van der Waals surface area contributed by atoms with Gasteiger partial charge in [0.1, 0.15) is 0 Å². The SMILES string of the molecule is C1=CCCC(Nc2cc3ccc(Nc4ccccc4)c4ccc5cccc2c5c34)=C1. The van der Waals surface area contributed by atoms with Gasteiger partial charge in [0.2, 0.25) is 0 Å². The number of nitrogens with one attached hydrogen (secondary N) is 2. The summed E-state index contributed by atoms with van der Waals surface area (Å²) < 4.78 is 0. The van der Waals surface area contributed by atoms with Gasteiger partial charge >= 0.3 is 0 Å². The van der Waals surface area contributed by atoms with Crippen molar-refractivity contribution >= 4 is 49.4 Å². The molecule has 2 nitrogen and oxygen atoms in total. The van der Waals surface area contributed by atoms with E-state index >= 15 is 0 Å². The predicted molar refractivity (Wildman–Crippen MR) is 130 cm³/mol. The molecule has 0 aromatic heterocycles. The van der Waals surface area contributed by atoms with Gasteiger partial charge in [0, 0.05) is 33.5 Å². The molecule has 0 saturated carbocycles. The summed E-state index contributed by atoms with van der Waals surface area (Å²) in [6.45, 7) is 0. The van der Waals surface area contributed by atoms with Crippen molar-refractivity contribution in [3.8, 4) is 0 Å². The molecular formula is C28H22N2. The van der Waals surface area contributed by atoms with E-state index < -0.39 is 0 Å². The van der Waals surface area contributed by atoms with Crippen LogP contribution in [0.3, 0.4) is 0 Å². The zero-order chi connectivity index (χ0) is 19.9. The third-order valence-corrected chi connectivity index (χ3v) is 6.01. The molecule has 0 atom stereocenters. The molecule has 0 radical (unpaired) electrons. The van der Waals surface area contributed by atoms with Gasteiger partial charge in [-0.1, -0.05) is 66.7 Å². The number of benzene rings is 5. The number of allylic oxidation sites excluding steroid dienone is 4. The first-order valence-electron chi connectivity index (χ1n) is 10.5. The van der Waals surface area contributed by atoms with Gasteiger partial charge in [-0.3, -0.25) is 0 Å². The maximum absolute atomic E-state index is 3.71. The Balaban J connectivity index is 1.57. The largest absolute Gasteiger partial charge is 0.358 e. The Morgan fingerprint density at radius 3 is 2.33 bits per heavy atom. The molecule has 0 unspecified atom stereocenters. The molecule has 1 aliphatic carbocycles. The maximum atomic E-state index is 3.71.